The van der Waals surface area contributed by atoms with Crippen LogP contribution in [0.3, 0.4) is 0 Å². The number of nitrogens with zero attached hydrogens (tertiary/aromatic N) is 3. The van der Waals surface area contributed by atoms with Crippen LogP contribution >= 0.6 is 23.2 Å². The molecule has 0 spiro atoms. The van der Waals surface area contributed by atoms with E-state index < -0.39 is 6.10 Å². The van der Waals surface area contributed by atoms with Crippen LogP contribution in [0.5, 0.6) is 0 Å². The molecule has 0 radical (unpaired) electrons. The van der Waals surface area contributed by atoms with Gasteiger partial charge in [-0.1, -0.05) is 35.3 Å². The predicted octanol–water partition coefficient (Wildman–Crippen LogP) is 6.15. The lowest BCUT2D eigenvalue weighted by Crippen LogP contribution is -2.33. The van der Waals surface area contributed by atoms with E-state index in [0.717, 1.165) is 16.8 Å². The van der Waals surface area contributed by atoms with Gasteiger partial charge in [0.05, 0.1) is 35.3 Å². The normalized spacial score (nSPS) is 16.3. The molecule has 40 heavy (non-hydrogen) atoms. The van der Waals surface area contributed by atoms with Crippen LogP contribution in [-0.2, 0) is 23.9 Å². The van der Waals surface area contributed by atoms with Crippen molar-refractivity contribution in [3.8, 4) is 0 Å². The zero-order chi connectivity index (χ0) is 31.2. The number of benzene rings is 2. The monoisotopic (exact) mass is 590 g/mol. The number of aliphatic hydroxyl groups is 1. The Bertz CT molecular complexity index is 1330. The fraction of sp³-hybridized carbons (Fsp3) is 0.370. The van der Waals surface area contributed by atoms with Crippen molar-refractivity contribution in [3.63, 3.8) is 0 Å². The molecule has 2 aromatic rings. The van der Waals surface area contributed by atoms with Gasteiger partial charge in [-0.25, -0.2) is 14.5 Å². The van der Waals surface area contributed by atoms with Gasteiger partial charge in [-0.15, -0.1) is 0 Å². The third-order valence-electron chi connectivity index (χ3n) is 5.88. The molecule has 4 atom stereocenters. The van der Waals surface area contributed by atoms with Crippen LogP contribution in [0.1, 0.15) is 38.8 Å². The molecule has 1 aliphatic rings. The minimum atomic E-state index is -0.446. The topological polar surface area (TPSA) is 139 Å². The van der Waals surface area contributed by atoms with E-state index in [2.05, 4.69) is 15.0 Å². The van der Waals surface area contributed by atoms with Crippen molar-refractivity contribution in [3.05, 3.63) is 68.3 Å². The van der Waals surface area contributed by atoms with E-state index in [9.17, 15) is 9.90 Å². The van der Waals surface area contributed by atoms with Gasteiger partial charge in [-0.05, 0) is 64.8 Å². The number of hydrogen-bond donors (Lipinski definition) is 2. The van der Waals surface area contributed by atoms with E-state index in [1.165, 1.54) is 0 Å². The molecule has 0 aromatic heterocycles. The Kier molecular flexibility index (Phi) is 15.6. The molecule has 0 saturated carbocycles. The van der Waals surface area contributed by atoms with Gasteiger partial charge in [0.2, 0.25) is 11.4 Å². The van der Waals surface area contributed by atoms with Crippen LogP contribution in [0.4, 0.5) is 27.5 Å². The highest BCUT2D eigenvalue weighted by molar-refractivity contribution is 6.35. The van der Waals surface area contributed by atoms with Crippen LogP contribution in [0.25, 0.3) is 9.69 Å². The number of halogens is 2. The second-order valence-corrected chi connectivity index (χ2v) is 9.13. The molecule has 0 bridgehead atoms. The summed E-state index contributed by atoms with van der Waals surface area (Å²) in [4.78, 5) is 52.6. The number of hydrogen-bond acceptors (Lipinski definition) is 8. The van der Waals surface area contributed by atoms with Gasteiger partial charge in [0.1, 0.15) is 6.10 Å². The predicted molar refractivity (Wildman–Crippen MR) is 148 cm³/mol. The second-order valence-electron chi connectivity index (χ2n) is 8.38. The van der Waals surface area contributed by atoms with Crippen molar-refractivity contribution in [1.82, 2.24) is 0 Å². The number of amides is 1. The van der Waals surface area contributed by atoms with Crippen LogP contribution in [0.2, 0.25) is 10.0 Å². The van der Waals surface area contributed by atoms with Crippen molar-refractivity contribution in [2.24, 2.45) is 0 Å². The van der Waals surface area contributed by atoms with Crippen molar-refractivity contribution in [2.75, 3.05) is 10.2 Å². The maximum atomic E-state index is 11.8. The molecule has 212 valence electrons. The smallest absolute Gasteiger partial charge is 0.415 e. The Balaban J connectivity index is 0.000000639. The maximum Gasteiger partial charge on any atom is 0.415 e. The number of carbonyl (C=O) groups is 1. The summed E-state index contributed by atoms with van der Waals surface area (Å²) < 4.78 is 5.18. The number of anilines is 2. The minimum absolute atomic E-state index is 0.0499. The molecule has 1 fully saturated rings. The molecule has 1 heterocycles. The highest BCUT2D eigenvalue weighted by Gasteiger charge is 2.37. The third-order valence-corrected chi connectivity index (χ3v) is 6.83. The summed E-state index contributed by atoms with van der Waals surface area (Å²) in [5.74, 6) is 0. The first kappa shape index (κ1) is 35.8. The summed E-state index contributed by atoms with van der Waals surface area (Å²) in [6, 6.07) is 6.75. The molecule has 13 heteroatoms. The summed E-state index contributed by atoms with van der Waals surface area (Å²) in [6.45, 7) is 25.0. The largest absolute Gasteiger partial charge is 0.444 e. The summed E-state index contributed by atoms with van der Waals surface area (Å²) in [7, 11) is 0. The highest BCUT2D eigenvalue weighted by atomic mass is 35.5. The molecule has 11 nitrogen and oxygen atoms in total. The van der Waals surface area contributed by atoms with Gasteiger partial charge in [0.25, 0.3) is 0 Å². The van der Waals surface area contributed by atoms with Gasteiger partial charge >= 0.3 is 18.4 Å². The molecular formula is C27H28Cl2N4O7. The van der Waals surface area contributed by atoms with Crippen molar-refractivity contribution >= 4 is 64.3 Å². The Morgan fingerprint density at radius 1 is 0.950 bits per heavy atom. The average molecular weight is 591 g/mol. The molecule has 1 aliphatic heterocycles. The summed E-state index contributed by atoms with van der Waals surface area (Å²) >= 11 is 12.2. The fourth-order valence-electron chi connectivity index (χ4n) is 3.30. The third kappa shape index (κ3) is 9.52. The summed E-state index contributed by atoms with van der Waals surface area (Å²) in [5, 5.41) is 13.4. The maximum absolute atomic E-state index is 11.8. The Hall–Kier alpha value is -4.21. The number of aliphatic hydroxyl groups excluding tert-OH is 1. The van der Waals surface area contributed by atoms with Gasteiger partial charge in [0, 0.05) is 17.4 Å². The quantitative estimate of drug-likeness (QED) is 0.404. The number of ether oxygens (including phenoxy) is 1. The van der Waals surface area contributed by atoms with Crippen LogP contribution in [0.15, 0.2) is 24.3 Å². The molecule has 2 aromatic carbocycles. The lowest BCUT2D eigenvalue weighted by atomic mass is 10.1. The zero-order valence-corrected chi connectivity index (χ0v) is 24.1. The van der Waals surface area contributed by atoms with E-state index >= 15 is 0 Å². The number of nitrogens with one attached hydrogen (secondary N) is 1. The van der Waals surface area contributed by atoms with E-state index in [1.54, 1.807) is 36.9 Å². The number of rotatable bonds is 4. The van der Waals surface area contributed by atoms with Crippen LogP contribution in [0, 0.1) is 27.0 Å². The molecule has 0 unspecified atom stereocenters. The zero-order valence-electron chi connectivity index (χ0n) is 22.6. The van der Waals surface area contributed by atoms with Gasteiger partial charge in [-0.3, -0.25) is 4.90 Å². The minimum Gasteiger partial charge on any atom is -0.444 e. The van der Waals surface area contributed by atoms with Crippen molar-refractivity contribution < 1.29 is 33.8 Å². The first-order chi connectivity index (χ1) is 18.8. The highest BCUT2D eigenvalue weighted by Crippen LogP contribution is 2.38. The van der Waals surface area contributed by atoms with Crippen LogP contribution in [-0.4, -0.2) is 47.8 Å². The second kappa shape index (κ2) is 17.4. The molecule has 2 N–H and O–H groups in total. The van der Waals surface area contributed by atoms with E-state index in [0.29, 0.717) is 27.1 Å². The van der Waals surface area contributed by atoms with E-state index in [-0.39, 0.29) is 36.6 Å². The molecule has 3 rings (SSSR count). The Morgan fingerprint density at radius 2 is 1.40 bits per heavy atom. The van der Waals surface area contributed by atoms with Crippen molar-refractivity contribution in [2.45, 2.75) is 65.8 Å². The Morgan fingerprint density at radius 3 is 1.80 bits per heavy atom. The molecule has 1 amide bonds. The van der Waals surface area contributed by atoms with E-state index in [1.807, 2.05) is 33.8 Å². The molecular weight excluding hydrogens is 563 g/mol. The average Bonchev–Trinajstić information content (AvgIpc) is 3.15. The number of carbonyl (C=O) groups excluding carboxylic acids is 5. The first-order valence-electron chi connectivity index (χ1n) is 11.5. The van der Waals surface area contributed by atoms with Gasteiger partial charge < -0.3 is 15.2 Å². The van der Waals surface area contributed by atoms with E-state index in [4.69, 9.17) is 60.3 Å². The SMILES string of the molecule is O=C=O.O=C=O.[C-]#[N+]c1ccc(N2C(=O)O[C@@H](C)[C@@H]2C)c(C)c1Cl.[C-]#[N+]c1ccc(N[C@@H](C)[C@H](C)O)c(C)c1Cl. The van der Waals surface area contributed by atoms with Gasteiger partial charge in [0.15, 0.2) is 0 Å². The fourth-order valence-corrected chi connectivity index (χ4v) is 3.70. The van der Waals surface area contributed by atoms with Gasteiger partial charge in [-0.2, -0.15) is 19.2 Å². The van der Waals surface area contributed by atoms with Crippen LogP contribution < -0.4 is 10.2 Å². The molecule has 1 saturated heterocycles. The first-order valence-corrected chi connectivity index (χ1v) is 12.3. The van der Waals surface area contributed by atoms with Crippen molar-refractivity contribution in [1.29, 1.82) is 0 Å². The lowest BCUT2D eigenvalue weighted by molar-refractivity contribution is -0.193. The Labute approximate surface area is 242 Å². The summed E-state index contributed by atoms with van der Waals surface area (Å²) in [5.41, 5.74) is 3.96. The number of cyclic esters (lactones) is 1. The standard InChI is InChI=1S/C13H13ClN2O2.C12H15ClN2O.2CO2/c1-7-11(6-5-10(15-4)12(7)14)16-8(2)9(3)18-13(16)17;1-7-10(15-8(2)9(3)16)5-6-11(14-4)12(7)13;2*2-1-3/h5-6,8-9H,1-3H3;5-6,8-9,15-16H,1-3H3;;/t2*8-,9-;;/m00../s1. The summed E-state index contributed by atoms with van der Waals surface area (Å²) in [6.07, 6.45) is -0.473. The lowest BCUT2D eigenvalue weighted by Gasteiger charge is -2.22. The molecule has 0 aliphatic carbocycles.